The molecule has 3 aromatic carbocycles. The summed E-state index contributed by atoms with van der Waals surface area (Å²) in [6, 6.07) is 23.3. The van der Waals surface area contributed by atoms with E-state index in [2.05, 4.69) is 0 Å². The van der Waals surface area contributed by atoms with Crippen LogP contribution >= 0.6 is 34.7 Å². The van der Waals surface area contributed by atoms with Crippen molar-refractivity contribution < 1.29 is 14.0 Å². The summed E-state index contributed by atoms with van der Waals surface area (Å²) < 4.78 is 15.9. The largest absolute Gasteiger partial charge is 0.308 e. The quantitative estimate of drug-likeness (QED) is 0.253. The van der Waals surface area contributed by atoms with E-state index < -0.39 is 5.92 Å². The third-order valence-corrected chi connectivity index (χ3v) is 12.5. The summed E-state index contributed by atoms with van der Waals surface area (Å²) in [4.78, 5) is 43.5. The van der Waals surface area contributed by atoms with Crippen molar-refractivity contribution in [3.8, 4) is 0 Å². The average molecular weight is 603 g/mol. The van der Waals surface area contributed by atoms with Crippen LogP contribution in [0.3, 0.4) is 0 Å². The SMILES string of the molecule is O=C1[C@@H]2[C@H]3C[C@@H]([C@@H]4Sc5c(sc(=O)n5Cc5ccccc5)[C@H](c5ccc(F)cc5)[C@H]34)[C@H]2C(=O)N1c1ccc(Cl)cc1. The van der Waals surface area contributed by atoms with Crippen LogP contribution in [-0.2, 0) is 16.1 Å². The zero-order valence-corrected chi connectivity index (χ0v) is 24.0. The number of thioether (sulfide) groups is 1. The number of carbonyl (C=O) groups is 2. The van der Waals surface area contributed by atoms with Gasteiger partial charge in [-0.15, -0.1) is 11.8 Å². The zero-order valence-electron chi connectivity index (χ0n) is 21.7. The van der Waals surface area contributed by atoms with Gasteiger partial charge in [0.15, 0.2) is 0 Å². The first kappa shape index (κ1) is 25.5. The van der Waals surface area contributed by atoms with Crippen LogP contribution in [-0.4, -0.2) is 21.6 Å². The monoisotopic (exact) mass is 602 g/mol. The average Bonchev–Trinajstić information content (AvgIpc) is 3.69. The maximum absolute atomic E-state index is 14.0. The number of amides is 2. The highest BCUT2D eigenvalue weighted by Crippen LogP contribution is 2.69. The van der Waals surface area contributed by atoms with E-state index in [0.717, 1.165) is 27.5 Å². The van der Waals surface area contributed by atoms with E-state index in [9.17, 15) is 18.8 Å². The van der Waals surface area contributed by atoms with Crippen LogP contribution in [0.15, 0.2) is 88.7 Å². The fourth-order valence-electron chi connectivity index (χ4n) is 7.91. The molecule has 3 fully saturated rings. The summed E-state index contributed by atoms with van der Waals surface area (Å²) in [5.41, 5.74) is 2.55. The summed E-state index contributed by atoms with van der Waals surface area (Å²) in [5.74, 6) is -1.41. The lowest BCUT2D eigenvalue weighted by Crippen LogP contribution is -2.43. The van der Waals surface area contributed by atoms with Crippen LogP contribution in [0.25, 0.3) is 0 Å². The van der Waals surface area contributed by atoms with Crippen molar-refractivity contribution in [2.45, 2.75) is 29.2 Å². The normalized spacial score (nSPS) is 29.5. The maximum atomic E-state index is 14.0. The minimum absolute atomic E-state index is 0.000714. The third-order valence-electron chi connectivity index (χ3n) is 9.45. The van der Waals surface area contributed by atoms with Crippen molar-refractivity contribution in [2.24, 2.45) is 29.6 Å². The van der Waals surface area contributed by atoms with E-state index in [-0.39, 0.29) is 57.3 Å². The molecule has 4 aromatic rings. The molecule has 3 heterocycles. The molecule has 41 heavy (non-hydrogen) atoms. The molecule has 1 saturated heterocycles. The molecule has 5 nitrogen and oxygen atoms in total. The van der Waals surface area contributed by atoms with Gasteiger partial charge in [-0.1, -0.05) is 65.4 Å². The van der Waals surface area contributed by atoms with Crippen LogP contribution < -0.4 is 9.77 Å². The number of thiazole rings is 1. The second-order valence-electron chi connectivity index (χ2n) is 11.4. The topological polar surface area (TPSA) is 59.4 Å². The second-order valence-corrected chi connectivity index (χ2v) is 14.0. The number of anilines is 1. The Kier molecular flexibility index (Phi) is 5.85. The molecule has 206 valence electrons. The van der Waals surface area contributed by atoms with Gasteiger partial charge in [0.1, 0.15) is 5.82 Å². The number of hydrogen-bond donors (Lipinski definition) is 0. The molecule has 7 atom stereocenters. The molecule has 2 amide bonds. The summed E-state index contributed by atoms with van der Waals surface area (Å²) >= 11 is 9.05. The summed E-state index contributed by atoms with van der Waals surface area (Å²) in [6.45, 7) is 0.466. The lowest BCUT2D eigenvalue weighted by Gasteiger charge is -2.43. The minimum atomic E-state index is -0.391. The number of carbonyl (C=O) groups excluding carboxylic acids is 2. The Morgan fingerprint density at radius 3 is 2.24 bits per heavy atom. The molecule has 0 spiro atoms. The van der Waals surface area contributed by atoms with Crippen molar-refractivity contribution >= 4 is 52.2 Å². The predicted molar refractivity (Wildman–Crippen MR) is 158 cm³/mol. The van der Waals surface area contributed by atoms with Crippen molar-refractivity contribution in [1.82, 2.24) is 4.57 Å². The van der Waals surface area contributed by atoms with E-state index in [1.807, 2.05) is 47.0 Å². The predicted octanol–water partition coefficient (Wildman–Crippen LogP) is 6.43. The van der Waals surface area contributed by atoms with E-state index in [1.54, 1.807) is 36.0 Å². The van der Waals surface area contributed by atoms with Crippen molar-refractivity contribution in [3.63, 3.8) is 0 Å². The lowest BCUT2D eigenvalue weighted by atomic mass is 9.68. The van der Waals surface area contributed by atoms with Gasteiger partial charge in [-0.05, 0) is 71.7 Å². The van der Waals surface area contributed by atoms with Crippen molar-refractivity contribution in [1.29, 1.82) is 0 Å². The Balaban J connectivity index is 1.23. The van der Waals surface area contributed by atoms with Gasteiger partial charge in [-0.25, -0.2) is 4.39 Å². The van der Waals surface area contributed by atoms with Gasteiger partial charge >= 0.3 is 4.87 Å². The molecule has 2 bridgehead atoms. The first-order chi connectivity index (χ1) is 19.9. The maximum Gasteiger partial charge on any atom is 0.308 e. The highest BCUT2D eigenvalue weighted by atomic mass is 35.5. The smallest absolute Gasteiger partial charge is 0.289 e. The Morgan fingerprint density at radius 2 is 1.54 bits per heavy atom. The standard InChI is InChI=1S/C32H24ClFN2O3S2/c33-18-8-12-20(13-9-18)36-29(37)25-21-14-22(26(25)30(36)38)27-24(21)23(17-6-10-19(34)11-7-17)28-31(40-27)35(32(39)41-28)15-16-4-2-1-3-5-16/h1-13,21-27H,14-15H2/t21-,22+,23+,24-,25+,26+,27-/m0/s1. The third kappa shape index (κ3) is 3.76. The molecule has 9 heteroatoms. The number of hydrogen-bond acceptors (Lipinski definition) is 5. The number of aromatic nitrogens is 1. The fraction of sp³-hybridized carbons (Fsp3) is 0.281. The highest BCUT2D eigenvalue weighted by Gasteiger charge is 2.69. The van der Waals surface area contributed by atoms with Gasteiger partial charge in [0.25, 0.3) is 0 Å². The first-order valence-corrected chi connectivity index (χ1v) is 15.8. The van der Waals surface area contributed by atoms with Gasteiger partial charge in [0, 0.05) is 21.1 Å². The van der Waals surface area contributed by atoms with E-state index in [1.165, 1.54) is 28.4 Å². The number of fused-ring (bicyclic) bond motifs is 9. The molecule has 0 N–H and O–H groups in total. The van der Waals surface area contributed by atoms with Gasteiger partial charge in [-0.2, -0.15) is 0 Å². The molecule has 0 unspecified atom stereocenters. The molecule has 2 saturated carbocycles. The zero-order chi connectivity index (χ0) is 28.0. The van der Waals surface area contributed by atoms with Crippen LogP contribution in [0.5, 0.6) is 0 Å². The van der Waals surface area contributed by atoms with Crippen molar-refractivity contribution in [3.05, 3.63) is 115 Å². The van der Waals surface area contributed by atoms with Crippen LogP contribution in [0.1, 0.15) is 28.3 Å². The lowest BCUT2D eigenvalue weighted by molar-refractivity contribution is -0.123. The fourth-order valence-corrected chi connectivity index (χ4v) is 11.2. The van der Waals surface area contributed by atoms with Gasteiger partial charge in [-0.3, -0.25) is 23.9 Å². The number of imide groups is 1. The number of rotatable bonds is 4. The molecule has 8 rings (SSSR count). The van der Waals surface area contributed by atoms with Gasteiger partial charge in [0.2, 0.25) is 11.8 Å². The molecule has 1 aromatic heterocycles. The second kappa shape index (κ2) is 9.41. The number of benzene rings is 3. The number of nitrogens with zero attached hydrogens (tertiary/aromatic N) is 2. The highest BCUT2D eigenvalue weighted by molar-refractivity contribution is 8.00. The van der Waals surface area contributed by atoms with Crippen molar-refractivity contribution in [2.75, 3.05) is 4.90 Å². The molecule has 4 aliphatic rings. The van der Waals surface area contributed by atoms with Crippen LogP contribution in [0.4, 0.5) is 10.1 Å². The van der Waals surface area contributed by atoms with E-state index in [4.69, 9.17) is 11.6 Å². The Labute approximate surface area is 249 Å². The van der Waals surface area contributed by atoms with Gasteiger partial charge < -0.3 is 0 Å². The molecular weight excluding hydrogens is 579 g/mol. The van der Waals surface area contributed by atoms with Gasteiger partial charge in [0.05, 0.1) is 29.1 Å². The Bertz CT molecular complexity index is 1750. The van der Waals surface area contributed by atoms with Crippen LogP contribution in [0.2, 0.25) is 5.02 Å². The molecular formula is C32H24ClFN2O3S2. The Hall–Kier alpha value is -3.20. The first-order valence-electron chi connectivity index (χ1n) is 13.7. The van der Waals surface area contributed by atoms with Crippen LogP contribution in [0, 0.1) is 35.4 Å². The number of halogens is 2. The summed E-state index contributed by atoms with van der Waals surface area (Å²) in [5, 5.41) is 1.56. The summed E-state index contributed by atoms with van der Waals surface area (Å²) in [7, 11) is 0. The van der Waals surface area contributed by atoms with E-state index >= 15 is 0 Å². The summed E-state index contributed by atoms with van der Waals surface area (Å²) in [6.07, 6.45) is 0.805. The molecule has 0 radical (unpaired) electrons. The minimum Gasteiger partial charge on any atom is -0.289 e. The molecule has 2 aliphatic heterocycles. The Morgan fingerprint density at radius 1 is 0.854 bits per heavy atom. The molecule has 2 aliphatic carbocycles. The van der Waals surface area contributed by atoms with E-state index in [0.29, 0.717) is 17.3 Å².